The first-order valence-electron chi connectivity index (χ1n) is 10.2. The monoisotopic (exact) mass is 488 g/mol. The Labute approximate surface area is 198 Å². The largest absolute Gasteiger partial charge is 0.497 e. The van der Waals surface area contributed by atoms with Crippen LogP contribution in [0.5, 0.6) is 11.5 Å². The fourth-order valence-corrected chi connectivity index (χ4v) is 4.86. The number of nitrogens with zero attached hydrogens (tertiary/aromatic N) is 1. The van der Waals surface area contributed by atoms with E-state index in [1.54, 1.807) is 37.4 Å². The lowest BCUT2D eigenvalue weighted by Gasteiger charge is -2.24. The molecule has 174 valence electrons. The SMILES string of the molecule is COc1ccc(CCNC(=O)CN(c2ccc(OC)c(Cl)c2)S(=O)(=O)c2ccccc2)cc1. The molecule has 0 radical (unpaired) electrons. The van der Waals surface area contributed by atoms with Gasteiger partial charge >= 0.3 is 0 Å². The van der Waals surface area contributed by atoms with E-state index in [0.29, 0.717) is 18.7 Å². The number of hydrogen-bond acceptors (Lipinski definition) is 5. The molecule has 0 atom stereocenters. The van der Waals surface area contributed by atoms with Crippen LogP contribution < -0.4 is 19.1 Å². The summed E-state index contributed by atoms with van der Waals surface area (Å²) < 4.78 is 38.0. The van der Waals surface area contributed by atoms with Crippen molar-refractivity contribution in [1.82, 2.24) is 5.32 Å². The third-order valence-electron chi connectivity index (χ3n) is 4.94. The molecule has 0 fully saturated rings. The Kier molecular flexibility index (Phi) is 8.19. The molecule has 0 bridgehead atoms. The van der Waals surface area contributed by atoms with Crippen molar-refractivity contribution in [3.63, 3.8) is 0 Å². The van der Waals surface area contributed by atoms with Gasteiger partial charge in [-0.15, -0.1) is 0 Å². The molecule has 0 aromatic heterocycles. The second-order valence-electron chi connectivity index (χ2n) is 7.09. The minimum atomic E-state index is -4.01. The lowest BCUT2D eigenvalue weighted by molar-refractivity contribution is -0.119. The highest BCUT2D eigenvalue weighted by molar-refractivity contribution is 7.92. The van der Waals surface area contributed by atoms with Crippen LogP contribution in [0.15, 0.2) is 77.7 Å². The van der Waals surface area contributed by atoms with Crippen LogP contribution in [0.2, 0.25) is 5.02 Å². The average molecular weight is 489 g/mol. The molecule has 0 unspecified atom stereocenters. The number of carbonyl (C=O) groups excluding carboxylic acids is 1. The summed E-state index contributed by atoms with van der Waals surface area (Å²) in [5.74, 6) is 0.721. The maximum Gasteiger partial charge on any atom is 0.264 e. The minimum absolute atomic E-state index is 0.0722. The van der Waals surface area contributed by atoms with Gasteiger partial charge in [-0.2, -0.15) is 0 Å². The first-order valence-corrected chi connectivity index (χ1v) is 12.0. The van der Waals surface area contributed by atoms with Gasteiger partial charge in [0.2, 0.25) is 5.91 Å². The van der Waals surface area contributed by atoms with Crippen molar-refractivity contribution in [1.29, 1.82) is 0 Å². The summed E-state index contributed by atoms with van der Waals surface area (Å²) in [7, 11) is -0.946. The zero-order valence-electron chi connectivity index (χ0n) is 18.3. The predicted molar refractivity (Wildman–Crippen MR) is 129 cm³/mol. The Morgan fingerprint density at radius 3 is 2.27 bits per heavy atom. The fraction of sp³-hybridized carbons (Fsp3) is 0.208. The zero-order chi connectivity index (χ0) is 23.8. The molecule has 9 heteroatoms. The molecule has 0 aliphatic carbocycles. The summed E-state index contributed by atoms with van der Waals surface area (Å²) in [6.45, 7) is -0.0454. The van der Waals surface area contributed by atoms with Gasteiger partial charge in [0.25, 0.3) is 10.0 Å². The van der Waals surface area contributed by atoms with Gasteiger partial charge in [-0.1, -0.05) is 41.9 Å². The van der Waals surface area contributed by atoms with Crippen molar-refractivity contribution in [2.24, 2.45) is 0 Å². The molecular formula is C24H25ClN2O5S. The number of rotatable bonds is 10. The van der Waals surface area contributed by atoms with E-state index in [-0.39, 0.29) is 15.6 Å². The number of benzene rings is 3. The van der Waals surface area contributed by atoms with E-state index in [1.165, 1.54) is 25.3 Å². The highest BCUT2D eigenvalue weighted by Gasteiger charge is 2.27. The third-order valence-corrected chi connectivity index (χ3v) is 7.02. The van der Waals surface area contributed by atoms with Gasteiger partial charge < -0.3 is 14.8 Å². The number of anilines is 1. The van der Waals surface area contributed by atoms with Gasteiger partial charge in [0, 0.05) is 6.54 Å². The molecule has 3 aromatic rings. The van der Waals surface area contributed by atoms with E-state index in [0.717, 1.165) is 15.6 Å². The summed E-state index contributed by atoms with van der Waals surface area (Å²) in [4.78, 5) is 12.8. The standard InChI is InChI=1S/C24H25ClN2O5S/c1-31-20-11-8-18(9-12-20)14-15-26-24(28)17-27(19-10-13-23(32-2)22(25)16-19)33(29,30)21-6-4-3-5-7-21/h3-13,16H,14-15,17H2,1-2H3,(H,26,28). The highest BCUT2D eigenvalue weighted by Crippen LogP contribution is 2.31. The number of ether oxygens (including phenoxy) is 2. The molecule has 0 aliphatic rings. The molecule has 1 N–H and O–H groups in total. The molecular weight excluding hydrogens is 464 g/mol. The number of hydrogen-bond donors (Lipinski definition) is 1. The van der Waals surface area contributed by atoms with Crippen molar-refractivity contribution >= 4 is 33.2 Å². The number of methoxy groups -OCH3 is 2. The van der Waals surface area contributed by atoms with Gasteiger partial charge in [0.05, 0.1) is 29.8 Å². The van der Waals surface area contributed by atoms with E-state index in [2.05, 4.69) is 5.32 Å². The summed E-state index contributed by atoms with van der Waals surface area (Å²) in [5.41, 5.74) is 1.28. The Hall–Kier alpha value is -3.23. The normalized spacial score (nSPS) is 11.0. The molecule has 0 spiro atoms. The number of sulfonamides is 1. The van der Waals surface area contributed by atoms with Crippen LogP contribution in [0.4, 0.5) is 5.69 Å². The molecule has 33 heavy (non-hydrogen) atoms. The van der Waals surface area contributed by atoms with E-state index in [4.69, 9.17) is 21.1 Å². The van der Waals surface area contributed by atoms with Gasteiger partial charge in [-0.25, -0.2) is 8.42 Å². The molecule has 0 aliphatic heterocycles. The van der Waals surface area contributed by atoms with E-state index in [9.17, 15) is 13.2 Å². The van der Waals surface area contributed by atoms with Crippen molar-refractivity contribution in [3.8, 4) is 11.5 Å². The van der Waals surface area contributed by atoms with Crippen molar-refractivity contribution in [2.75, 3.05) is 31.6 Å². The Balaban J connectivity index is 1.77. The Bertz CT molecular complexity index is 1190. The smallest absolute Gasteiger partial charge is 0.264 e. The van der Waals surface area contributed by atoms with Crippen molar-refractivity contribution in [2.45, 2.75) is 11.3 Å². The van der Waals surface area contributed by atoms with Crippen LogP contribution >= 0.6 is 11.6 Å². The van der Waals surface area contributed by atoms with Gasteiger partial charge in [-0.05, 0) is 54.4 Å². The molecule has 3 aromatic carbocycles. The van der Waals surface area contributed by atoms with Crippen LogP contribution in [-0.4, -0.2) is 41.6 Å². The second kappa shape index (κ2) is 11.1. The summed E-state index contributed by atoms with van der Waals surface area (Å²) in [5, 5.41) is 3.03. The molecule has 7 nitrogen and oxygen atoms in total. The van der Waals surface area contributed by atoms with E-state index in [1.807, 2.05) is 24.3 Å². The van der Waals surface area contributed by atoms with Crippen LogP contribution in [0.1, 0.15) is 5.56 Å². The first kappa shape index (κ1) is 24.4. The number of amides is 1. The van der Waals surface area contributed by atoms with E-state index < -0.39 is 22.5 Å². The first-order chi connectivity index (χ1) is 15.8. The summed E-state index contributed by atoms with van der Waals surface area (Å²) >= 11 is 6.22. The van der Waals surface area contributed by atoms with Crippen molar-refractivity contribution in [3.05, 3.63) is 83.4 Å². The van der Waals surface area contributed by atoms with Crippen molar-refractivity contribution < 1.29 is 22.7 Å². The minimum Gasteiger partial charge on any atom is -0.497 e. The van der Waals surface area contributed by atoms with Crippen LogP contribution in [0, 0.1) is 0 Å². The topological polar surface area (TPSA) is 84.9 Å². The number of halogens is 1. The Morgan fingerprint density at radius 1 is 0.970 bits per heavy atom. The molecule has 3 rings (SSSR count). The lowest BCUT2D eigenvalue weighted by Crippen LogP contribution is -2.41. The predicted octanol–water partition coefficient (Wildman–Crippen LogP) is 3.91. The molecule has 1 amide bonds. The second-order valence-corrected chi connectivity index (χ2v) is 9.36. The molecule has 0 heterocycles. The summed E-state index contributed by atoms with van der Waals surface area (Å²) in [6.07, 6.45) is 0.593. The van der Waals surface area contributed by atoms with Crippen LogP contribution in [-0.2, 0) is 21.2 Å². The van der Waals surface area contributed by atoms with Gasteiger partial charge in [0.15, 0.2) is 0 Å². The Morgan fingerprint density at radius 2 is 1.67 bits per heavy atom. The average Bonchev–Trinajstić information content (AvgIpc) is 2.83. The quantitative estimate of drug-likeness (QED) is 0.467. The zero-order valence-corrected chi connectivity index (χ0v) is 19.9. The fourth-order valence-electron chi connectivity index (χ4n) is 3.17. The van der Waals surface area contributed by atoms with Crippen LogP contribution in [0.3, 0.4) is 0 Å². The van der Waals surface area contributed by atoms with Crippen LogP contribution in [0.25, 0.3) is 0 Å². The number of nitrogens with one attached hydrogen (secondary N) is 1. The number of carbonyl (C=O) groups is 1. The highest BCUT2D eigenvalue weighted by atomic mass is 35.5. The molecule has 0 saturated heterocycles. The van der Waals surface area contributed by atoms with Gasteiger partial charge in [-0.3, -0.25) is 9.10 Å². The maximum absolute atomic E-state index is 13.3. The summed E-state index contributed by atoms with van der Waals surface area (Å²) in [6, 6.07) is 20.0. The van der Waals surface area contributed by atoms with E-state index >= 15 is 0 Å². The lowest BCUT2D eigenvalue weighted by atomic mass is 10.1. The maximum atomic E-state index is 13.3. The van der Waals surface area contributed by atoms with Gasteiger partial charge in [0.1, 0.15) is 18.0 Å². The third kappa shape index (κ3) is 6.18. The molecule has 0 saturated carbocycles.